The first-order chi connectivity index (χ1) is 19.4. The van der Waals surface area contributed by atoms with Crippen LogP contribution in [-0.4, -0.2) is 47.9 Å². The highest BCUT2D eigenvalue weighted by Gasteiger charge is 2.42. The number of carboxylic acids is 1. The van der Waals surface area contributed by atoms with Crippen LogP contribution in [0.1, 0.15) is 37.3 Å². The summed E-state index contributed by atoms with van der Waals surface area (Å²) < 4.78 is 37.2. The van der Waals surface area contributed by atoms with Gasteiger partial charge in [0, 0.05) is 34.5 Å². The molecule has 0 spiro atoms. The van der Waals surface area contributed by atoms with Crippen molar-refractivity contribution in [2.45, 2.75) is 53.8 Å². The molecular formula is C25H23Cl2F3N6O4S. The van der Waals surface area contributed by atoms with Crippen LogP contribution in [0.5, 0.6) is 0 Å². The molecule has 1 aliphatic rings. The van der Waals surface area contributed by atoms with Crippen molar-refractivity contribution >= 4 is 52.6 Å². The number of H-pyrrole nitrogens is 2. The molecule has 3 heterocycles. The standard InChI is InChI=1S/C23H22Cl2N6O2S.C2HF3O2/c24-16-4-2-5-17(20(16)25)34-15-7-10-23(11-8-15,21-30-31-22(32)33-21)13-14-3-1-6-18(27-14)28-19-9-12-26-29-19;3-2(4,5)1(6)7/h1-6,9,12,15H,7-8,10-11,13H2,(H,31,32)(H2,26,27,28,29);(H,6,7)/t15-,23-;. The lowest BCUT2D eigenvalue weighted by molar-refractivity contribution is -0.192. The van der Waals surface area contributed by atoms with Gasteiger partial charge in [-0.1, -0.05) is 35.3 Å². The van der Waals surface area contributed by atoms with E-state index < -0.39 is 23.3 Å². The van der Waals surface area contributed by atoms with E-state index in [0.717, 1.165) is 36.3 Å². The van der Waals surface area contributed by atoms with Gasteiger partial charge in [-0.15, -0.1) is 16.9 Å². The predicted molar refractivity (Wildman–Crippen MR) is 147 cm³/mol. The quantitative estimate of drug-likeness (QED) is 0.182. The van der Waals surface area contributed by atoms with E-state index in [0.29, 0.717) is 39.2 Å². The predicted octanol–water partition coefficient (Wildman–Crippen LogP) is 6.38. The number of benzene rings is 1. The molecule has 1 fully saturated rings. The zero-order chi connectivity index (χ0) is 29.6. The summed E-state index contributed by atoms with van der Waals surface area (Å²) in [5, 5.41) is 25.4. The minimum Gasteiger partial charge on any atom is -0.475 e. The minimum atomic E-state index is -5.08. The Morgan fingerprint density at radius 3 is 2.44 bits per heavy atom. The van der Waals surface area contributed by atoms with Gasteiger partial charge < -0.3 is 14.8 Å². The Labute approximate surface area is 245 Å². The number of thioether (sulfide) groups is 1. The molecule has 0 bridgehead atoms. The van der Waals surface area contributed by atoms with Gasteiger partial charge >= 0.3 is 17.9 Å². The normalized spacial score (nSPS) is 18.8. The second-order valence-electron chi connectivity index (χ2n) is 9.15. The topological polar surface area (TPSA) is 150 Å². The number of aliphatic carboxylic acids is 1. The fourth-order valence-electron chi connectivity index (χ4n) is 4.39. The Bertz CT molecular complexity index is 1520. The van der Waals surface area contributed by atoms with Crippen molar-refractivity contribution in [2.75, 3.05) is 5.32 Å². The molecule has 4 aromatic rings. The number of hydrogen-bond acceptors (Lipinski definition) is 8. The Hall–Kier alpha value is -3.49. The number of aromatic nitrogens is 5. The maximum atomic E-state index is 11.8. The van der Waals surface area contributed by atoms with Crippen molar-refractivity contribution in [3.05, 3.63) is 80.8 Å². The van der Waals surface area contributed by atoms with E-state index >= 15 is 0 Å². The van der Waals surface area contributed by atoms with E-state index in [4.69, 9.17) is 42.5 Å². The van der Waals surface area contributed by atoms with Gasteiger partial charge in [0.25, 0.3) is 0 Å². The first-order valence-electron chi connectivity index (χ1n) is 12.1. The third-order valence-electron chi connectivity index (χ3n) is 6.32. The van der Waals surface area contributed by atoms with Crippen molar-refractivity contribution < 1.29 is 27.5 Å². The number of hydrogen-bond donors (Lipinski definition) is 4. The summed E-state index contributed by atoms with van der Waals surface area (Å²) in [5.41, 5.74) is 0.460. The molecule has 0 amide bonds. The van der Waals surface area contributed by atoms with Crippen LogP contribution in [0, 0.1) is 0 Å². The van der Waals surface area contributed by atoms with Crippen LogP contribution in [0.25, 0.3) is 0 Å². The molecule has 1 saturated carbocycles. The second-order valence-corrected chi connectivity index (χ2v) is 11.3. The van der Waals surface area contributed by atoms with E-state index in [-0.39, 0.29) is 0 Å². The summed E-state index contributed by atoms with van der Waals surface area (Å²) in [5.74, 6) is -1.47. The smallest absolute Gasteiger partial charge is 0.475 e. The summed E-state index contributed by atoms with van der Waals surface area (Å²) in [4.78, 5) is 26.4. The first-order valence-corrected chi connectivity index (χ1v) is 13.8. The molecule has 3 aromatic heterocycles. The van der Waals surface area contributed by atoms with Gasteiger partial charge in [0.2, 0.25) is 5.89 Å². The average molecular weight is 631 g/mol. The van der Waals surface area contributed by atoms with Gasteiger partial charge in [-0.3, -0.25) is 5.10 Å². The first kappa shape index (κ1) is 30.5. The van der Waals surface area contributed by atoms with Gasteiger partial charge in [0.05, 0.1) is 15.5 Å². The van der Waals surface area contributed by atoms with Crippen molar-refractivity contribution in [1.29, 1.82) is 0 Å². The van der Waals surface area contributed by atoms with E-state index in [1.807, 2.05) is 36.4 Å². The third-order valence-corrected chi connectivity index (χ3v) is 8.65. The van der Waals surface area contributed by atoms with Crippen LogP contribution in [0.2, 0.25) is 10.0 Å². The zero-order valence-corrected chi connectivity index (χ0v) is 23.4. The van der Waals surface area contributed by atoms with Crippen LogP contribution in [0.4, 0.5) is 24.8 Å². The van der Waals surface area contributed by atoms with Crippen LogP contribution < -0.4 is 11.1 Å². The molecule has 0 unspecified atom stereocenters. The molecule has 0 atom stereocenters. The van der Waals surface area contributed by atoms with E-state index in [1.165, 1.54) is 0 Å². The maximum Gasteiger partial charge on any atom is 0.490 e. The molecule has 0 saturated heterocycles. The highest BCUT2D eigenvalue weighted by Crippen LogP contribution is 2.46. The molecule has 1 aliphatic carbocycles. The summed E-state index contributed by atoms with van der Waals surface area (Å²) in [6.45, 7) is 0. The Kier molecular flexibility index (Phi) is 9.66. The summed E-state index contributed by atoms with van der Waals surface area (Å²) in [6, 6.07) is 13.4. The monoisotopic (exact) mass is 630 g/mol. The van der Waals surface area contributed by atoms with Crippen LogP contribution >= 0.6 is 35.0 Å². The molecular weight excluding hydrogens is 608 g/mol. The largest absolute Gasteiger partial charge is 0.490 e. The van der Waals surface area contributed by atoms with Crippen molar-refractivity contribution in [1.82, 2.24) is 25.4 Å². The number of nitrogens with one attached hydrogen (secondary N) is 3. The minimum absolute atomic E-state index is 0.371. The molecule has 10 nitrogen and oxygen atoms in total. The Balaban J connectivity index is 0.000000493. The number of carboxylic acid groups (broad SMARTS) is 1. The second kappa shape index (κ2) is 13.0. The van der Waals surface area contributed by atoms with Gasteiger partial charge in [-0.05, 0) is 49.9 Å². The molecule has 41 heavy (non-hydrogen) atoms. The Morgan fingerprint density at radius 1 is 1.12 bits per heavy atom. The number of alkyl halides is 3. The fourth-order valence-corrected chi connectivity index (χ4v) is 6.09. The SMILES string of the molecule is O=C(O)C(F)(F)F.O=c1[nH]nc([C@]2(Cc3cccc(Nc4cc[nH]n4)n3)CC[C@@H](Sc3cccc(Cl)c3Cl)CC2)o1. The molecule has 5 rings (SSSR count). The molecule has 0 radical (unpaired) electrons. The highest BCUT2D eigenvalue weighted by molar-refractivity contribution is 8.00. The van der Waals surface area contributed by atoms with Gasteiger partial charge in [0.1, 0.15) is 5.82 Å². The molecule has 0 aliphatic heterocycles. The van der Waals surface area contributed by atoms with Crippen LogP contribution in [0.15, 0.2) is 62.8 Å². The summed E-state index contributed by atoms with van der Waals surface area (Å²) in [6.07, 6.45) is 0.690. The lowest BCUT2D eigenvalue weighted by atomic mass is 9.70. The summed E-state index contributed by atoms with van der Waals surface area (Å²) >= 11 is 14.3. The molecule has 218 valence electrons. The number of anilines is 2. The van der Waals surface area contributed by atoms with Crippen molar-refractivity contribution in [2.24, 2.45) is 0 Å². The van der Waals surface area contributed by atoms with E-state index in [9.17, 15) is 18.0 Å². The average Bonchev–Trinajstić information content (AvgIpc) is 3.60. The number of pyridine rings is 1. The highest BCUT2D eigenvalue weighted by atomic mass is 35.5. The maximum absolute atomic E-state index is 11.8. The van der Waals surface area contributed by atoms with Crippen LogP contribution in [-0.2, 0) is 16.6 Å². The van der Waals surface area contributed by atoms with E-state index in [1.54, 1.807) is 24.0 Å². The van der Waals surface area contributed by atoms with Crippen molar-refractivity contribution in [3.63, 3.8) is 0 Å². The lowest BCUT2D eigenvalue weighted by Gasteiger charge is -2.37. The number of halogens is 5. The zero-order valence-electron chi connectivity index (χ0n) is 21.0. The third kappa shape index (κ3) is 8.05. The Morgan fingerprint density at radius 2 is 1.83 bits per heavy atom. The molecule has 4 N–H and O–H groups in total. The molecule has 16 heteroatoms. The van der Waals surface area contributed by atoms with Gasteiger partial charge in [-0.2, -0.15) is 18.3 Å². The summed E-state index contributed by atoms with van der Waals surface area (Å²) in [7, 11) is 0. The fraction of sp³-hybridized carbons (Fsp3) is 0.320. The van der Waals surface area contributed by atoms with Gasteiger partial charge in [-0.25, -0.2) is 19.7 Å². The lowest BCUT2D eigenvalue weighted by Crippen LogP contribution is -2.35. The number of rotatable bonds is 7. The molecule has 1 aromatic carbocycles. The van der Waals surface area contributed by atoms with Crippen LogP contribution in [0.3, 0.4) is 0 Å². The number of nitrogens with zero attached hydrogens (tertiary/aromatic N) is 3. The van der Waals surface area contributed by atoms with Gasteiger partial charge in [0.15, 0.2) is 5.82 Å². The number of aromatic amines is 2. The number of carbonyl (C=O) groups is 1. The van der Waals surface area contributed by atoms with E-state index in [2.05, 4.69) is 25.7 Å². The van der Waals surface area contributed by atoms with Crippen molar-refractivity contribution in [3.8, 4) is 0 Å².